The predicted octanol–water partition coefficient (Wildman–Crippen LogP) is 7.60. The van der Waals surface area contributed by atoms with E-state index < -0.39 is 25.6 Å². The number of hydrogen-bond donors (Lipinski definition) is 3. The summed E-state index contributed by atoms with van der Waals surface area (Å²) in [5.41, 5.74) is 12.1. The Labute approximate surface area is 399 Å². The van der Waals surface area contributed by atoms with Crippen LogP contribution in [0.3, 0.4) is 0 Å². The van der Waals surface area contributed by atoms with Gasteiger partial charge >= 0.3 is 29.6 Å². The standard InChI is InChI=1S/C51H49N4O6S2.Na/c1-5-54(35-38-16-15-21-45(34-38)62(56,57)58)43-28-30-46(36(3)32-43)50(39-24-26-42(27-25-39)53-49-23-14-13-22-48(49)52-41-19-11-8-12-20-41)47-31-29-44(33-37(47)4)55(6-2)51(63(59,60)61)40-17-9-7-10-18-40;/h7-9,11-34,51-52H,5-6,35H2,1-4H3,(H2,56,57,58,59,60,61);/q-1;+1. The molecule has 0 amide bonds. The summed E-state index contributed by atoms with van der Waals surface area (Å²) in [5, 5.41) is 5.75. The maximum Gasteiger partial charge on any atom is 1.00 e. The van der Waals surface area contributed by atoms with Gasteiger partial charge in [0.05, 0.1) is 16.3 Å². The molecule has 64 heavy (non-hydrogen) atoms. The van der Waals surface area contributed by atoms with Gasteiger partial charge in [0.2, 0.25) is 0 Å². The number of anilines is 5. The number of nitrogens with zero attached hydrogens (tertiary/aromatic N) is 2. The molecule has 10 nitrogen and oxygen atoms in total. The molecule has 1 aliphatic carbocycles. The molecule has 3 N–H and O–H groups in total. The van der Waals surface area contributed by atoms with Crippen LogP contribution in [0, 0.1) is 13.0 Å². The zero-order valence-electron chi connectivity index (χ0n) is 36.5. The van der Waals surface area contributed by atoms with Crippen molar-refractivity contribution in [3.05, 3.63) is 209 Å². The second kappa shape index (κ2) is 21.0. The molecule has 7 rings (SSSR count). The summed E-state index contributed by atoms with van der Waals surface area (Å²) < 4.78 is 73.8. The number of hydrogen-bond acceptors (Lipinski definition) is 8. The quantitative estimate of drug-likeness (QED) is 0.0412. The molecule has 1 unspecified atom stereocenters. The summed E-state index contributed by atoms with van der Waals surface area (Å²) >= 11 is 0. The fourth-order valence-electron chi connectivity index (χ4n) is 7.90. The van der Waals surface area contributed by atoms with E-state index >= 15 is 0 Å². The Morgan fingerprint density at radius 2 is 1.45 bits per heavy atom. The van der Waals surface area contributed by atoms with Gasteiger partial charge in [-0.1, -0.05) is 60.7 Å². The summed E-state index contributed by atoms with van der Waals surface area (Å²) in [5.74, 6) is 0. The second-order valence-corrected chi connectivity index (χ2v) is 18.1. The van der Waals surface area contributed by atoms with Crippen LogP contribution >= 0.6 is 0 Å². The van der Waals surface area contributed by atoms with E-state index in [1.807, 2.05) is 118 Å². The SMILES string of the molecule is CCN(c1ccc(/C(=C2\C=CC(=[N+](CC)Cc3cccc(S(=O)(=O)[O-])c3)C=C2C)c2ccc(Nc3ccccc3Nc3ccccc3)cc2)c(C)c1)C(c1c[c-]ccc1)S(=O)(=O)O.[Na+]. The van der Waals surface area contributed by atoms with E-state index in [-0.39, 0.29) is 34.5 Å². The molecule has 13 heteroatoms. The van der Waals surface area contributed by atoms with Gasteiger partial charge in [-0.2, -0.15) is 38.7 Å². The Morgan fingerprint density at radius 1 is 0.781 bits per heavy atom. The average Bonchev–Trinajstić information content (AvgIpc) is 3.27. The van der Waals surface area contributed by atoms with Crippen LogP contribution in [0.2, 0.25) is 0 Å². The van der Waals surface area contributed by atoms with E-state index in [0.717, 1.165) is 61.9 Å². The molecule has 6 aromatic rings. The van der Waals surface area contributed by atoms with E-state index in [4.69, 9.17) is 0 Å². The summed E-state index contributed by atoms with van der Waals surface area (Å²) in [6.07, 6.45) is 6.24. The van der Waals surface area contributed by atoms with E-state index in [1.165, 1.54) is 12.1 Å². The van der Waals surface area contributed by atoms with Crippen LogP contribution in [-0.4, -0.2) is 49.3 Å². The van der Waals surface area contributed by atoms with Crippen LogP contribution in [0.15, 0.2) is 180 Å². The van der Waals surface area contributed by atoms with Gasteiger partial charge in [-0.25, -0.2) is 13.0 Å². The summed E-state index contributed by atoms with van der Waals surface area (Å²) in [4.78, 5) is 1.41. The second-order valence-electron chi connectivity index (χ2n) is 15.2. The van der Waals surface area contributed by atoms with Crippen molar-refractivity contribution >= 4 is 60.0 Å². The number of benzene rings is 6. The average molecular weight is 901 g/mol. The van der Waals surface area contributed by atoms with Crippen molar-refractivity contribution in [3.8, 4) is 0 Å². The summed E-state index contributed by atoms with van der Waals surface area (Å²) in [6, 6.07) is 47.8. The van der Waals surface area contributed by atoms with Gasteiger partial charge in [0.1, 0.15) is 22.0 Å². The topological polar surface area (TPSA) is 142 Å². The van der Waals surface area contributed by atoms with Crippen molar-refractivity contribution in [2.75, 3.05) is 28.6 Å². The van der Waals surface area contributed by atoms with Crippen LogP contribution in [0.1, 0.15) is 54.0 Å². The van der Waals surface area contributed by atoms with Crippen LogP contribution in [0.4, 0.5) is 28.4 Å². The van der Waals surface area contributed by atoms with Gasteiger partial charge in [-0.3, -0.25) is 4.55 Å². The minimum atomic E-state index is -4.60. The summed E-state index contributed by atoms with van der Waals surface area (Å²) in [6.45, 7) is 9.25. The molecule has 0 spiro atoms. The minimum absolute atomic E-state index is 0. The third-order valence-electron chi connectivity index (χ3n) is 11.0. The molecule has 0 saturated carbocycles. The third-order valence-corrected chi connectivity index (χ3v) is 12.9. The van der Waals surface area contributed by atoms with Gasteiger partial charge in [0, 0.05) is 41.3 Å². The number of para-hydroxylation sites is 3. The molecule has 0 heterocycles. The van der Waals surface area contributed by atoms with Gasteiger partial charge < -0.3 is 20.1 Å². The first kappa shape index (κ1) is 47.9. The van der Waals surface area contributed by atoms with Crippen molar-refractivity contribution in [2.24, 2.45) is 0 Å². The molecule has 0 saturated heterocycles. The van der Waals surface area contributed by atoms with Gasteiger partial charge in [0.25, 0.3) is 10.1 Å². The molecule has 322 valence electrons. The Kier molecular flexibility index (Phi) is 15.7. The van der Waals surface area contributed by atoms with Gasteiger partial charge in [0.15, 0.2) is 12.3 Å². The maximum absolute atomic E-state index is 12.9. The molecule has 0 fully saturated rings. The first-order chi connectivity index (χ1) is 30.2. The number of aryl methyl sites for hydroxylation is 1. The third kappa shape index (κ3) is 11.4. The molecular weight excluding hydrogens is 852 g/mol. The molecule has 0 aliphatic heterocycles. The number of allylic oxidation sites excluding steroid dienone is 5. The Hall–Kier alpha value is -5.57. The van der Waals surface area contributed by atoms with Crippen LogP contribution in [0.25, 0.3) is 5.57 Å². The molecular formula is C51H49N4NaO6S2. The Morgan fingerprint density at radius 3 is 2.03 bits per heavy atom. The Bertz CT molecular complexity index is 2970. The fourth-order valence-corrected chi connectivity index (χ4v) is 9.53. The van der Waals surface area contributed by atoms with Crippen LogP contribution < -0.4 is 45.1 Å². The monoisotopic (exact) mass is 900 g/mol. The smallest absolute Gasteiger partial charge is 0.744 e. The Balaban J connectivity index is 0.00000680. The van der Waals surface area contributed by atoms with Crippen molar-refractivity contribution in [3.63, 3.8) is 0 Å². The molecule has 1 atom stereocenters. The molecule has 6 aromatic carbocycles. The van der Waals surface area contributed by atoms with E-state index in [2.05, 4.69) is 52.5 Å². The van der Waals surface area contributed by atoms with E-state index in [0.29, 0.717) is 36.4 Å². The molecule has 0 radical (unpaired) electrons. The van der Waals surface area contributed by atoms with Crippen molar-refractivity contribution < 1.29 is 60.1 Å². The van der Waals surface area contributed by atoms with Crippen LogP contribution in [-0.2, 0) is 26.8 Å². The largest absolute Gasteiger partial charge is 1.00 e. The van der Waals surface area contributed by atoms with Crippen molar-refractivity contribution in [2.45, 2.75) is 44.5 Å². The van der Waals surface area contributed by atoms with Gasteiger partial charge in [-0.15, -0.1) is 5.56 Å². The first-order valence-electron chi connectivity index (χ1n) is 20.6. The zero-order chi connectivity index (χ0) is 44.7. The minimum Gasteiger partial charge on any atom is -0.744 e. The first-order valence-corrected chi connectivity index (χ1v) is 23.5. The van der Waals surface area contributed by atoms with Gasteiger partial charge in [-0.05, 0) is 128 Å². The van der Waals surface area contributed by atoms with E-state index in [9.17, 15) is 25.9 Å². The normalized spacial score (nSPS) is 14.8. The zero-order valence-corrected chi connectivity index (χ0v) is 40.1. The van der Waals surface area contributed by atoms with E-state index in [1.54, 1.807) is 35.2 Å². The number of rotatable bonds is 15. The molecule has 0 bridgehead atoms. The summed E-state index contributed by atoms with van der Waals surface area (Å²) in [7, 11) is -9.15. The van der Waals surface area contributed by atoms with Crippen molar-refractivity contribution in [1.82, 2.24) is 0 Å². The molecule has 1 aliphatic rings. The molecule has 0 aromatic heterocycles. The van der Waals surface area contributed by atoms with Crippen molar-refractivity contribution in [1.29, 1.82) is 0 Å². The van der Waals surface area contributed by atoms with Crippen LogP contribution in [0.5, 0.6) is 0 Å². The number of nitrogens with one attached hydrogen (secondary N) is 2. The predicted molar refractivity (Wildman–Crippen MR) is 252 cm³/mol. The fraction of sp³-hybridized carbons (Fsp3) is 0.157. The maximum atomic E-state index is 12.9.